The largest absolute Gasteiger partial charge is 0.497 e. The van der Waals surface area contributed by atoms with E-state index in [2.05, 4.69) is 5.32 Å². The molecule has 1 aromatic rings. The lowest BCUT2D eigenvalue weighted by atomic mass is 10.1. The van der Waals surface area contributed by atoms with Crippen molar-refractivity contribution in [3.05, 3.63) is 29.8 Å². The van der Waals surface area contributed by atoms with Crippen LogP contribution in [0.1, 0.15) is 12.0 Å². The standard InChI is InChI=1S/C15H20N2O2S/c1-19-13-4-2-11(3-5-13)6-7-16-15(18)17-9-14-8-12(17)10-20-14/h2-5,12,14H,6-10H2,1H3,(H,16,18). The SMILES string of the molecule is COc1ccc(CCNC(=O)N2CC3CC2CS3)cc1. The van der Waals surface area contributed by atoms with Crippen molar-refractivity contribution in [2.45, 2.75) is 24.1 Å². The van der Waals surface area contributed by atoms with E-state index in [0.29, 0.717) is 17.8 Å². The molecule has 2 atom stereocenters. The molecular formula is C15H20N2O2S. The molecule has 0 saturated carbocycles. The van der Waals surface area contributed by atoms with E-state index in [1.165, 1.54) is 12.0 Å². The smallest absolute Gasteiger partial charge is 0.317 e. The van der Waals surface area contributed by atoms with Crippen LogP contribution in [0.2, 0.25) is 0 Å². The highest BCUT2D eigenvalue weighted by Gasteiger charge is 2.40. The summed E-state index contributed by atoms with van der Waals surface area (Å²) in [4.78, 5) is 14.1. The van der Waals surface area contributed by atoms with Gasteiger partial charge >= 0.3 is 6.03 Å². The van der Waals surface area contributed by atoms with Crippen LogP contribution in [0.4, 0.5) is 4.79 Å². The predicted molar refractivity (Wildman–Crippen MR) is 81.5 cm³/mol. The maximum absolute atomic E-state index is 12.1. The van der Waals surface area contributed by atoms with Gasteiger partial charge in [0.2, 0.25) is 0 Å². The van der Waals surface area contributed by atoms with E-state index in [9.17, 15) is 4.79 Å². The van der Waals surface area contributed by atoms with E-state index in [-0.39, 0.29) is 6.03 Å². The molecule has 2 heterocycles. The summed E-state index contributed by atoms with van der Waals surface area (Å²) >= 11 is 2.00. The average Bonchev–Trinajstić information content (AvgIpc) is 3.10. The molecule has 5 heteroatoms. The Morgan fingerprint density at radius 3 is 2.85 bits per heavy atom. The number of nitrogens with one attached hydrogen (secondary N) is 1. The second-order valence-corrected chi connectivity index (χ2v) is 6.66. The first-order chi connectivity index (χ1) is 9.76. The number of nitrogens with zero attached hydrogens (tertiary/aromatic N) is 1. The van der Waals surface area contributed by atoms with Crippen molar-refractivity contribution in [2.24, 2.45) is 0 Å². The minimum atomic E-state index is 0.103. The first-order valence-electron chi connectivity index (χ1n) is 7.05. The molecule has 2 bridgehead atoms. The van der Waals surface area contributed by atoms with Crippen molar-refractivity contribution >= 4 is 17.8 Å². The molecule has 0 aromatic heterocycles. The van der Waals surface area contributed by atoms with Gasteiger partial charge in [-0.25, -0.2) is 4.79 Å². The summed E-state index contributed by atoms with van der Waals surface area (Å²) in [5.74, 6) is 1.97. The lowest BCUT2D eigenvalue weighted by Gasteiger charge is -2.26. The Kier molecular flexibility index (Phi) is 4.05. The van der Waals surface area contributed by atoms with Crippen LogP contribution in [0.15, 0.2) is 24.3 Å². The topological polar surface area (TPSA) is 41.6 Å². The average molecular weight is 292 g/mol. The Hall–Kier alpha value is -1.36. The molecule has 2 unspecified atom stereocenters. The first-order valence-corrected chi connectivity index (χ1v) is 8.10. The van der Waals surface area contributed by atoms with Gasteiger partial charge in [0.15, 0.2) is 0 Å². The van der Waals surface area contributed by atoms with E-state index < -0.39 is 0 Å². The normalized spacial score (nSPS) is 23.9. The van der Waals surface area contributed by atoms with Crippen molar-refractivity contribution in [3.8, 4) is 5.75 Å². The highest BCUT2D eigenvalue weighted by atomic mass is 32.2. The second-order valence-electron chi connectivity index (χ2n) is 5.33. The monoisotopic (exact) mass is 292 g/mol. The number of carbonyl (C=O) groups is 1. The van der Waals surface area contributed by atoms with E-state index in [4.69, 9.17) is 4.74 Å². The molecule has 4 nitrogen and oxygen atoms in total. The third-order valence-corrected chi connectivity index (χ3v) is 5.40. The summed E-state index contributed by atoms with van der Waals surface area (Å²) in [5, 5.41) is 3.71. The van der Waals surface area contributed by atoms with Crippen LogP contribution < -0.4 is 10.1 Å². The van der Waals surface area contributed by atoms with E-state index in [0.717, 1.165) is 24.5 Å². The summed E-state index contributed by atoms with van der Waals surface area (Å²) < 4.78 is 5.13. The molecule has 3 rings (SSSR count). The molecular weight excluding hydrogens is 272 g/mol. The molecule has 1 N–H and O–H groups in total. The van der Waals surface area contributed by atoms with Crippen molar-refractivity contribution in [1.29, 1.82) is 0 Å². The van der Waals surface area contributed by atoms with Gasteiger partial charge in [0.1, 0.15) is 5.75 Å². The highest BCUT2D eigenvalue weighted by molar-refractivity contribution is 8.00. The Bertz CT molecular complexity index is 477. The third kappa shape index (κ3) is 2.87. The van der Waals surface area contributed by atoms with Crippen LogP contribution in [0.25, 0.3) is 0 Å². The molecule has 0 spiro atoms. The number of fused-ring (bicyclic) bond motifs is 2. The lowest BCUT2D eigenvalue weighted by molar-refractivity contribution is 0.196. The molecule has 1 aromatic carbocycles. The number of ether oxygens (including phenoxy) is 1. The van der Waals surface area contributed by atoms with Crippen LogP contribution >= 0.6 is 11.8 Å². The minimum Gasteiger partial charge on any atom is -0.497 e. The fourth-order valence-corrected chi connectivity index (χ4v) is 4.29. The van der Waals surface area contributed by atoms with Gasteiger partial charge in [-0.1, -0.05) is 12.1 Å². The summed E-state index contributed by atoms with van der Waals surface area (Å²) in [6.45, 7) is 1.61. The van der Waals surface area contributed by atoms with Gasteiger partial charge in [0.25, 0.3) is 0 Å². The van der Waals surface area contributed by atoms with E-state index in [1.54, 1.807) is 7.11 Å². The number of amides is 2. The number of benzene rings is 1. The van der Waals surface area contributed by atoms with Crippen LogP contribution in [0, 0.1) is 0 Å². The fourth-order valence-electron chi connectivity index (χ4n) is 2.86. The minimum absolute atomic E-state index is 0.103. The summed E-state index contributed by atoms with van der Waals surface area (Å²) in [6, 6.07) is 8.55. The van der Waals surface area contributed by atoms with Crippen LogP contribution in [0.5, 0.6) is 5.75 Å². The molecule has 108 valence electrons. The molecule has 2 saturated heterocycles. The Morgan fingerprint density at radius 1 is 1.45 bits per heavy atom. The Labute approximate surface area is 123 Å². The maximum atomic E-state index is 12.1. The first kappa shape index (κ1) is 13.6. The molecule has 0 radical (unpaired) electrons. The molecule has 0 aliphatic carbocycles. The van der Waals surface area contributed by atoms with Crippen molar-refractivity contribution in [1.82, 2.24) is 10.2 Å². The molecule has 2 amide bonds. The Balaban J connectivity index is 1.44. The van der Waals surface area contributed by atoms with Gasteiger partial charge in [-0.3, -0.25) is 0 Å². The van der Waals surface area contributed by atoms with E-state index >= 15 is 0 Å². The van der Waals surface area contributed by atoms with Gasteiger partial charge in [-0.15, -0.1) is 0 Å². The van der Waals surface area contributed by atoms with Crippen LogP contribution in [-0.4, -0.2) is 48.2 Å². The number of rotatable bonds is 4. The fraction of sp³-hybridized carbons (Fsp3) is 0.533. The third-order valence-electron chi connectivity index (χ3n) is 4.01. The zero-order chi connectivity index (χ0) is 13.9. The number of hydrogen-bond acceptors (Lipinski definition) is 3. The van der Waals surface area contributed by atoms with E-state index in [1.807, 2.05) is 40.9 Å². The predicted octanol–water partition coefficient (Wildman–Crippen LogP) is 2.14. The summed E-state index contributed by atoms with van der Waals surface area (Å²) in [6.07, 6.45) is 2.03. The number of hydrogen-bond donors (Lipinski definition) is 1. The summed E-state index contributed by atoms with van der Waals surface area (Å²) in [7, 11) is 1.66. The number of likely N-dealkylation sites (tertiary alicyclic amines) is 1. The quantitative estimate of drug-likeness (QED) is 0.924. The van der Waals surface area contributed by atoms with Gasteiger partial charge in [-0.05, 0) is 30.5 Å². The molecule has 2 aliphatic heterocycles. The Morgan fingerprint density at radius 2 is 2.25 bits per heavy atom. The summed E-state index contributed by atoms with van der Waals surface area (Å²) in [5.41, 5.74) is 1.21. The van der Waals surface area contributed by atoms with Crippen molar-refractivity contribution in [3.63, 3.8) is 0 Å². The maximum Gasteiger partial charge on any atom is 0.317 e. The molecule has 2 aliphatic rings. The van der Waals surface area contributed by atoms with Gasteiger partial charge in [0, 0.05) is 30.1 Å². The van der Waals surface area contributed by atoms with Crippen molar-refractivity contribution < 1.29 is 9.53 Å². The highest BCUT2D eigenvalue weighted by Crippen LogP contribution is 2.37. The second kappa shape index (κ2) is 5.95. The number of thioether (sulfide) groups is 1. The van der Waals surface area contributed by atoms with Crippen LogP contribution in [0.3, 0.4) is 0 Å². The van der Waals surface area contributed by atoms with Gasteiger partial charge in [-0.2, -0.15) is 11.8 Å². The molecule has 20 heavy (non-hydrogen) atoms. The van der Waals surface area contributed by atoms with Gasteiger partial charge in [0.05, 0.1) is 7.11 Å². The zero-order valence-electron chi connectivity index (χ0n) is 11.7. The number of methoxy groups -OCH3 is 1. The van der Waals surface area contributed by atoms with Gasteiger partial charge < -0.3 is 15.0 Å². The lowest BCUT2D eigenvalue weighted by Crippen LogP contribution is -2.45. The molecule has 2 fully saturated rings. The zero-order valence-corrected chi connectivity index (χ0v) is 12.5. The number of urea groups is 1. The number of carbonyl (C=O) groups excluding carboxylic acids is 1. The van der Waals surface area contributed by atoms with Crippen molar-refractivity contribution in [2.75, 3.05) is 26.0 Å². The van der Waals surface area contributed by atoms with Crippen LogP contribution in [-0.2, 0) is 6.42 Å².